The van der Waals surface area contributed by atoms with Gasteiger partial charge in [-0.3, -0.25) is 13.9 Å². The second-order valence-electron chi connectivity index (χ2n) is 7.63. The number of nitrogens with one attached hydrogen (secondary N) is 2. The average molecular weight is 416 g/mol. The van der Waals surface area contributed by atoms with E-state index in [1.54, 1.807) is 42.5 Å². The number of nitrogens with zero attached hydrogens (tertiary/aromatic N) is 1. The lowest BCUT2D eigenvalue weighted by Crippen LogP contribution is -2.34. The fourth-order valence-corrected chi connectivity index (χ4v) is 4.64. The smallest absolute Gasteiger partial charge is 0.255 e. The van der Waals surface area contributed by atoms with Gasteiger partial charge >= 0.3 is 0 Å². The molecule has 2 N–H and O–H groups in total. The largest absolute Gasteiger partial charge is 0.326 e. The van der Waals surface area contributed by atoms with Gasteiger partial charge in [0.15, 0.2) is 0 Å². The average Bonchev–Trinajstić information content (AvgIpc) is 2.98. The standard InChI is InChI=1S/C21H25N3O4S/c1-13(2)20(25)22-17-6-8-18(9-7-17)23-21(26)15-5-10-19-16(12-15)11-14(3)24(19)29(4,27)28/h5-10,12-14H,11H2,1-4H3,(H,22,25)(H,23,26)/t14-/m1/s1. The zero-order chi connectivity index (χ0) is 21.3. The molecular weight excluding hydrogens is 390 g/mol. The molecular formula is C21H25N3O4S. The summed E-state index contributed by atoms with van der Waals surface area (Å²) in [5.41, 5.74) is 3.19. The fourth-order valence-electron chi connectivity index (χ4n) is 3.38. The highest BCUT2D eigenvalue weighted by molar-refractivity contribution is 7.92. The van der Waals surface area contributed by atoms with Crippen LogP contribution < -0.4 is 14.9 Å². The number of sulfonamides is 1. The molecule has 154 valence electrons. The van der Waals surface area contributed by atoms with E-state index in [-0.39, 0.29) is 23.8 Å². The van der Waals surface area contributed by atoms with Crippen molar-refractivity contribution in [1.82, 2.24) is 0 Å². The summed E-state index contributed by atoms with van der Waals surface area (Å²) in [5.74, 6) is -0.468. The highest BCUT2D eigenvalue weighted by atomic mass is 32.2. The van der Waals surface area contributed by atoms with Gasteiger partial charge in [-0.25, -0.2) is 8.42 Å². The predicted octanol–water partition coefficient (Wildman–Crippen LogP) is 3.24. The van der Waals surface area contributed by atoms with Gasteiger partial charge in [0.2, 0.25) is 15.9 Å². The lowest BCUT2D eigenvalue weighted by Gasteiger charge is -2.21. The number of rotatable bonds is 5. The number of fused-ring (bicyclic) bond motifs is 1. The van der Waals surface area contributed by atoms with Crippen LogP contribution >= 0.6 is 0 Å². The molecule has 1 aliphatic rings. The zero-order valence-electron chi connectivity index (χ0n) is 16.9. The van der Waals surface area contributed by atoms with Gasteiger partial charge in [0.1, 0.15) is 0 Å². The van der Waals surface area contributed by atoms with E-state index in [1.165, 1.54) is 10.6 Å². The van der Waals surface area contributed by atoms with Crippen molar-refractivity contribution in [3.63, 3.8) is 0 Å². The SMILES string of the molecule is CC(C)C(=O)Nc1ccc(NC(=O)c2ccc3c(c2)C[C@@H](C)N3S(C)(=O)=O)cc1. The van der Waals surface area contributed by atoms with Crippen LogP contribution in [0.2, 0.25) is 0 Å². The number of carbonyl (C=O) groups excluding carboxylic acids is 2. The Morgan fingerprint density at radius 1 is 1.03 bits per heavy atom. The van der Waals surface area contributed by atoms with Gasteiger partial charge in [-0.05, 0) is 61.4 Å². The Balaban J connectivity index is 1.72. The third-order valence-electron chi connectivity index (χ3n) is 4.79. The molecule has 3 rings (SSSR count). The summed E-state index contributed by atoms with van der Waals surface area (Å²) in [5, 5.41) is 5.62. The Bertz CT molecular complexity index is 1050. The fraction of sp³-hybridized carbons (Fsp3) is 0.333. The van der Waals surface area contributed by atoms with E-state index in [0.717, 1.165) is 5.56 Å². The van der Waals surface area contributed by atoms with Crippen molar-refractivity contribution in [1.29, 1.82) is 0 Å². The number of benzene rings is 2. The molecule has 29 heavy (non-hydrogen) atoms. The molecule has 1 atom stereocenters. The van der Waals surface area contributed by atoms with Crippen LogP contribution in [0.25, 0.3) is 0 Å². The molecule has 2 aromatic rings. The van der Waals surface area contributed by atoms with Crippen LogP contribution in [0.3, 0.4) is 0 Å². The van der Waals surface area contributed by atoms with E-state index in [2.05, 4.69) is 10.6 Å². The minimum absolute atomic E-state index is 0.0720. The van der Waals surface area contributed by atoms with Crippen molar-refractivity contribution in [2.75, 3.05) is 21.2 Å². The van der Waals surface area contributed by atoms with Gasteiger partial charge in [-0.1, -0.05) is 13.8 Å². The summed E-state index contributed by atoms with van der Waals surface area (Å²) in [6, 6.07) is 11.8. The first-order valence-electron chi connectivity index (χ1n) is 9.41. The molecule has 1 aliphatic heterocycles. The molecule has 2 aromatic carbocycles. The maximum atomic E-state index is 12.6. The van der Waals surface area contributed by atoms with Gasteiger partial charge in [-0.15, -0.1) is 0 Å². The highest BCUT2D eigenvalue weighted by Gasteiger charge is 2.32. The van der Waals surface area contributed by atoms with Gasteiger partial charge in [-0.2, -0.15) is 0 Å². The first-order valence-corrected chi connectivity index (χ1v) is 11.3. The lowest BCUT2D eigenvalue weighted by atomic mass is 10.1. The molecule has 0 aliphatic carbocycles. The molecule has 8 heteroatoms. The summed E-state index contributed by atoms with van der Waals surface area (Å²) in [4.78, 5) is 24.4. The van der Waals surface area contributed by atoms with Crippen LogP contribution in [0.4, 0.5) is 17.1 Å². The molecule has 0 saturated heterocycles. The summed E-state index contributed by atoms with van der Waals surface area (Å²) >= 11 is 0. The second-order valence-corrected chi connectivity index (χ2v) is 9.49. The molecule has 0 spiro atoms. The minimum atomic E-state index is -3.36. The first-order chi connectivity index (χ1) is 13.6. The van der Waals surface area contributed by atoms with E-state index in [4.69, 9.17) is 0 Å². The van der Waals surface area contributed by atoms with Crippen molar-refractivity contribution >= 4 is 38.9 Å². The Morgan fingerprint density at radius 2 is 1.62 bits per heavy atom. The molecule has 0 bridgehead atoms. The topological polar surface area (TPSA) is 95.6 Å². The Morgan fingerprint density at radius 3 is 2.17 bits per heavy atom. The van der Waals surface area contributed by atoms with Gasteiger partial charge < -0.3 is 10.6 Å². The van der Waals surface area contributed by atoms with E-state index < -0.39 is 10.0 Å². The van der Waals surface area contributed by atoms with E-state index in [9.17, 15) is 18.0 Å². The third kappa shape index (κ3) is 4.59. The maximum Gasteiger partial charge on any atom is 0.255 e. The molecule has 1 heterocycles. The summed E-state index contributed by atoms with van der Waals surface area (Å²) in [6.45, 7) is 5.48. The van der Waals surface area contributed by atoms with Crippen molar-refractivity contribution < 1.29 is 18.0 Å². The first kappa shape index (κ1) is 20.9. The van der Waals surface area contributed by atoms with E-state index in [1.807, 2.05) is 20.8 Å². The summed E-state index contributed by atoms with van der Waals surface area (Å²) in [6.07, 6.45) is 1.75. The molecule has 0 unspecified atom stereocenters. The summed E-state index contributed by atoms with van der Waals surface area (Å²) in [7, 11) is -3.36. The van der Waals surface area contributed by atoms with Crippen LogP contribution in [0.5, 0.6) is 0 Å². The highest BCUT2D eigenvalue weighted by Crippen LogP contribution is 2.34. The summed E-state index contributed by atoms with van der Waals surface area (Å²) < 4.78 is 25.4. The van der Waals surface area contributed by atoms with Gasteiger partial charge in [0.05, 0.1) is 11.9 Å². The van der Waals surface area contributed by atoms with Gasteiger partial charge in [0.25, 0.3) is 5.91 Å². The number of hydrogen-bond acceptors (Lipinski definition) is 4. The molecule has 0 fully saturated rings. The normalized spacial score (nSPS) is 15.9. The van der Waals surface area contributed by atoms with Gasteiger partial charge in [0, 0.05) is 28.9 Å². The van der Waals surface area contributed by atoms with Crippen molar-refractivity contribution in [3.05, 3.63) is 53.6 Å². The minimum Gasteiger partial charge on any atom is -0.326 e. The number of amides is 2. The molecule has 7 nitrogen and oxygen atoms in total. The third-order valence-corrected chi connectivity index (χ3v) is 6.06. The molecule has 0 radical (unpaired) electrons. The monoisotopic (exact) mass is 415 g/mol. The lowest BCUT2D eigenvalue weighted by molar-refractivity contribution is -0.118. The quantitative estimate of drug-likeness (QED) is 0.784. The number of anilines is 3. The number of hydrogen-bond donors (Lipinski definition) is 2. The number of carbonyl (C=O) groups is 2. The second kappa shape index (κ2) is 7.87. The van der Waals surface area contributed by atoms with Crippen LogP contribution in [-0.4, -0.2) is 32.5 Å². The van der Waals surface area contributed by atoms with Crippen molar-refractivity contribution in [2.45, 2.75) is 33.2 Å². The molecule has 0 saturated carbocycles. The molecule has 2 amide bonds. The predicted molar refractivity (Wildman–Crippen MR) is 115 cm³/mol. The van der Waals surface area contributed by atoms with Crippen LogP contribution in [0.1, 0.15) is 36.7 Å². The van der Waals surface area contributed by atoms with Crippen LogP contribution in [0.15, 0.2) is 42.5 Å². The maximum absolute atomic E-state index is 12.6. The zero-order valence-corrected chi connectivity index (χ0v) is 17.7. The van der Waals surface area contributed by atoms with Crippen LogP contribution in [-0.2, 0) is 21.2 Å². The van der Waals surface area contributed by atoms with E-state index >= 15 is 0 Å². The molecule has 0 aromatic heterocycles. The Kier molecular flexibility index (Phi) is 5.66. The Hall–Kier alpha value is -2.87. The Labute approximate surface area is 171 Å². The van der Waals surface area contributed by atoms with Crippen molar-refractivity contribution in [3.8, 4) is 0 Å². The van der Waals surface area contributed by atoms with Crippen LogP contribution in [0, 0.1) is 5.92 Å². The van der Waals surface area contributed by atoms with E-state index in [0.29, 0.717) is 29.0 Å². The van der Waals surface area contributed by atoms with Crippen molar-refractivity contribution in [2.24, 2.45) is 5.92 Å².